The number of hydrogen-bond acceptors (Lipinski definition) is 4. The summed E-state index contributed by atoms with van der Waals surface area (Å²) in [5, 5.41) is 16.7. The smallest absolute Gasteiger partial charge is 0.163 e. The van der Waals surface area contributed by atoms with Crippen LogP contribution in [0.25, 0.3) is 5.69 Å². The molecule has 0 aliphatic heterocycles. The molecule has 0 saturated heterocycles. The van der Waals surface area contributed by atoms with Gasteiger partial charge in [-0.2, -0.15) is 0 Å². The minimum atomic E-state index is -0.163. The van der Waals surface area contributed by atoms with Gasteiger partial charge in [0, 0.05) is 10.5 Å². The molecule has 0 amide bonds. The number of nitrogens with zero attached hydrogens (tertiary/aromatic N) is 3. The fourth-order valence-electron chi connectivity index (χ4n) is 1.37. The van der Waals surface area contributed by atoms with Crippen molar-refractivity contribution in [1.82, 2.24) is 14.8 Å². The molecule has 84 valence electrons. The average Bonchev–Trinajstić information content (AvgIpc) is 2.77. The highest BCUT2D eigenvalue weighted by molar-refractivity contribution is 9.10. The van der Waals surface area contributed by atoms with Gasteiger partial charge in [-0.15, -0.1) is 10.2 Å². The highest BCUT2D eigenvalue weighted by Crippen LogP contribution is 2.26. The minimum Gasteiger partial charge on any atom is -0.497 e. The molecule has 5 nitrogen and oxygen atoms in total. The molecular formula is C10H10BrN3O2. The summed E-state index contributed by atoms with van der Waals surface area (Å²) in [7, 11) is 1.60. The maximum Gasteiger partial charge on any atom is 0.163 e. The number of aliphatic hydroxyl groups is 1. The number of halogens is 1. The standard InChI is InChI=1S/C10H10BrN3O2/c1-16-7-2-3-8(11)9(4-7)14-6-12-13-10(14)5-15/h2-4,6,15H,5H2,1H3. The molecule has 1 aromatic carbocycles. The molecule has 0 aliphatic carbocycles. The Labute approximate surface area is 101 Å². The van der Waals surface area contributed by atoms with E-state index in [2.05, 4.69) is 26.1 Å². The van der Waals surface area contributed by atoms with Crippen LogP contribution in [0.3, 0.4) is 0 Å². The van der Waals surface area contributed by atoms with Crippen LogP contribution in [0.5, 0.6) is 5.75 Å². The monoisotopic (exact) mass is 283 g/mol. The van der Waals surface area contributed by atoms with E-state index in [1.54, 1.807) is 18.0 Å². The lowest BCUT2D eigenvalue weighted by Gasteiger charge is -2.09. The first-order valence-corrected chi connectivity index (χ1v) is 5.39. The molecule has 2 aromatic rings. The molecule has 0 atom stereocenters. The molecule has 0 radical (unpaired) electrons. The lowest BCUT2D eigenvalue weighted by atomic mass is 10.3. The summed E-state index contributed by atoms with van der Waals surface area (Å²) < 4.78 is 7.72. The second-order valence-electron chi connectivity index (χ2n) is 3.09. The zero-order valence-electron chi connectivity index (χ0n) is 8.59. The third-order valence-electron chi connectivity index (χ3n) is 2.17. The topological polar surface area (TPSA) is 60.2 Å². The Balaban J connectivity index is 2.54. The lowest BCUT2D eigenvalue weighted by molar-refractivity contribution is 0.269. The molecule has 1 heterocycles. The number of aliphatic hydroxyl groups excluding tert-OH is 1. The molecule has 0 saturated carbocycles. The van der Waals surface area contributed by atoms with Crippen molar-refractivity contribution in [3.63, 3.8) is 0 Å². The van der Waals surface area contributed by atoms with Crippen LogP contribution in [0.2, 0.25) is 0 Å². The van der Waals surface area contributed by atoms with Crippen molar-refractivity contribution in [1.29, 1.82) is 0 Å². The van der Waals surface area contributed by atoms with E-state index in [1.807, 2.05) is 18.2 Å². The van der Waals surface area contributed by atoms with Crippen molar-refractivity contribution < 1.29 is 9.84 Å². The largest absolute Gasteiger partial charge is 0.497 e. The fourth-order valence-corrected chi connectivity index (χ4v) is 1.81. The Morgan fingerprint density at radius 1 is 1.50 bits per heavy atom. The molecule has 6 heteroatoms. The second kappa shape index (κ2) is 4.63. The number of hydrogen-bond donors (Lipinski definition) is 1. The van der Waals surface area contributed by atoms with Crippen LogP contribution in [0, 0.1) is 0 Å². The zero-order chi connectivity index (χ0) is 11.5. The van der Waals surface area contributed by atoms with Crippen molar-refractivity contribution in [2.45, 2.75) is 6.61 Å². The predicted octanol–water partition coefficient (Wildman–Crippen LogP) is 1.53. The summed E-state index contributed by atoms with van der Waals surface area (Å²) >= 11 is 3.43. The van der Waals surface area contributed by atoms with Crippen molar-refractivity contribution in [3.8, 4) is 11.4 Å². The molecule has 0 bridgehead atoms. The molecular weight excluding hydrogens is 274 g/mol. The van der Waals surface area contributed by atoms with E-state index in [0.717, 1.165) is 15.9 Å². The number of aromatic nitrogens is 3. The Kier molecular flexibility index (Phi) is 3.21. The minimum absolute atomic E-state index is 0.163. The van der Waals surface area contributed by atoms with Gasteiger partial charge in [0.1, 0.15) is 18.7 Å². The van der Waals surface area contributed by atoms with E-state index < -0.39 is 0 Å². The first-order chi connectivity index (χ1) is 7.76. The van der Waals surface area contributed by atoms with E-state index in [9.17, 15) is 0 Å². The first-order valence-electron chi connectivity index (χ1n) is 4.60. The van der Waals surface area contributed by atoms with Gasteiger partial charge in [-0.25, -0.2) is 0 Å². The normalized spacial score (nSPS) is 10.4. The van der Waals surface area contributed by atoms with Crippen LogP contribution in [0.1, 0.15) is 5.82 Å². The molecule has 1 N–H and O–H groups in total. The van der Waals surface area contributed by atoms with E-state index in [0.29, 0.717) is 5.82 Å². The van der Waals surface area contributed by atoms with Gasteiger partial charge >= 0.3 is 0 Å². The van der Waals surface area contributed by atoms with Crippen LogP contribution in [-0.4, -0.2) is 27.0 Å². The van der Waals surface area contributed by atoms with Crippen molar-refractivity contribution in [2.75, 3.05) is 7.11 Å². The summed E-state index contributed by atoms with van der Waals surface area (Å²) in [6.07, 6.45) is 1.55. The SMILES string of the molecule is COc1ccc(Br)c(-n2cnnc2CO)c1. The van der Waals surface area contributed by atoms with Crippen LogP contribution >= 0.6 is 15.9 Å². The Morgan fingerprint density at radius 2 is 2.31 bits per heavy atom. The van der Waals surface area contributed by atoms with Gasteiger partial charge in [-0.1, -0.05) is 0 Å². The second-order valence-corrected chi connectivity index (χ2v) is 3.95. The molecule has 0 unspecified atom stereocenters. The Hall–Kier alpha value is -1.40. The Morgan fingerprint density at radius 3 is 3.00 bits per heavy atom. The molecule has 16 heavy (non-hydrogen) atoms. The van der Waals surface area contributed by atoms with Crippen LogP contribution in [0.4, 0.5) is 0 Å². The molecule has 1 aromatic heterocycles. The van der Waals surface area contributed by atoms with Crippen LogP contribution in [-0.2, 0) is 6.61 Å². The maximum atomic E-state index is 9.12. The molecule has 0 spiro atoms. The van der Waals surface area contributed by atoms with Gasteiger partial charge in [-0.3, -0.25) is 4.57 Å². The molecule has 2 rings (SSSR count). The fraction of sp³-hybridized carbons (Fsp3) is 0.200. The zero-order valence-corrected chi connectivity index (χ0v) is 10.2. The number of benzene rings is 1. The quantitative estimate of drug-likeness (QED) is 0.928. The summed E-state index contributed by atoms with van der Waals surface area (Å²) in [6, 6.07) is 5.55. The highest BCUT2D eigenvalue weighted by atomic mass is 79.9. The number of ether oxygens (including phenoxy) is 1. The van der Waals surface area contributed by atoms with Gasteiger partial charge in [0.2, 0.25) is 0 Å². The third kappa shape index (κ3) is 1.94. The van der Waals surface area contributed by atoms with Crippen molar-refractivity contribution in [2.24, 2.45) is 0 Å². The highest BCUT2D eigenvalue weighted by Gasteiger charge is 2.09. The van der Waals surface area contributed by atoms with Crippen LogP contribution in [0.15, 0.2) is 29.0 Å². The lowest BCUT2D eigenvalue weighted by Crippen LogP contribution is -2.01. The van der Waals surface area contributed by atoms with E-state index >= 15 is 0 Å². The average molecular weight is 284 g/mol. The van der Waals surface area contributed by atoms with Gasteiger partial charge in [0.15, 0.2) is 5.82 Å². The third-order valence-corrected chi connectivity index (χ3v) is 2.84. The summed E-state index contributed by atoms with van der Waals surface area (Å²) in [4.78, 5) is 0. The first kappa shape index (κ1) is 11.1. The van der Waals surface area contributed by atoms with Gasteiger partial charge in [0.05, 0.1) is 12.8 Å². The predicted molar refractivity (Wildman–Crippen MR) is 61.5 cm³/mol. The summed E-state index contributed by atoms with van der Waals surface area (Å²) in [5.74, 6) is 1.21. The van der Waals surface area contributed by atoms with Gasteiger partial charge in [0.25, 0.3) is 0 Å². The maximum absolute atomic E-state index is 9.12. The van der Waals surface area contributed by atoms with E-state index in [-0.39, 0.29) is 6.61 Å². The van der Waals surface area contributed by atoms with Crippen molar-refractivity contribution >= 4 is 15.9 Å². The summed E-state index contributed by atoms with van der Waals surface area (Å²) in [5.41, 5.74) is 0.827. The van der Waals surface area contributed by atoms with Gasteiger partial charge < -0.3 is 9.84 Å². The van der Waals surface area contributed by atoms with E-state index in [4.69, 9.17) is 9.84 Å². The summed E-state index contributed by atoms with van der Waals surface area (Å²) in [6.45, 7) is -0.163. The molecule has 0 fully saturated rings. The van der Waals surface area contributed by atoms with E-state index in [1.165, 1.54) is 0 Å². The van der Waals surface area contributed by atoms with Crippen molar-refractivity contribution in [3.05, 3.63) is 34.8 Å². The van der Waals surface area contributed by atoms with Gasteiger partial charge in [-0.05, 0) is 28.1 Å². The number of methoxy groups -OCH3 is 1. The number of rotatable bonds is 3. The molecule has 0 aliphatic rings. The van der Waals surface area contributed by atoms with Crippen LogP contribution < -0.4 is 4.74 Å². The Bertz CT molecular complexity index is 499.